The number of ether oxygens (including phenoxy) is 3. The maximum absolute atomic E-state index is 14.0. The molecule has 11 nitrogen and oxygen atoms in total. The van der Waals surface area contributed by atoms with Crippen molar-refractivity contribution in [3.05, 3.63) is 65.3 Å². The number of piperidine rings is 1. The molecule has 1 N–H and O–H groups in total. The van der Waals surface area contributed by atoms with Crippen LogP contribution < -0.4 is 15.4 Å². The summed E-state index contributed by atoms with van der Waals surface area (Å²) >= 11 is 0. The van der Waals surface area contributed by atoms with E-state index in [0.29, 0.717) is 25.4 Å². The first kappa shape index (κ1) is 29.2. The first-order chi connectivity index (χ1) is 19.5. The minimum Gasteiger partial charge on any atom is -0.468 e. The van der Waals surface area contributed by atoms with Gasteiger partial charge < -0.3 is 33.7 Å². The van der Waals surface area contributed by atoms with Gasteiger partial charge in [-0.3, -0.25) is 19.4 Å². The van der Waals surface area contributed by atoms with Gasteiger partial charge in [-0.25, -0.2) is 0 Å². The Labute approximate surface area is 232 Å². The minimum atomic E-state index is -0.560. The van der Waals surface area contributed by atoms with Crippen molar-refractivity contribution < 1.29 is 28.9 Å². The van der Waals surface area contributed by atoms with Crippen LogP contribution in [-0.4, -0.2) is 86.3 Å². The number of aliphatic hydroxyl groups is 1. The molecule has 214 valence electrons. The molecule has 1 atom stereocenters. The zero-order valence-corrected chi connectivity index (χ0v) is 22.7. The maximum Gasteiger partial charge on any atom is 0.325 e. The Kier molecular flexibility index (Phi) is 10.6. The lowest BCUT2D eigenvalue weighted by atomic mass is 9.95. The van der Waals surface area contributed by atoms with E-state index < -0.39 is 5.97 Å². The number of nitrogens with zero attached hydrogens (tertiary/aromatic N) is 4. The van der Waals surface area contributed by atoms with E-state index in [1.165, 1.54) is 23.9 Å². The zero-order valence-electron chi connectivity index (χ0n) is 22.7. The fraction of sp³-hybridized carbons (Fsp3) is 0.448. The van der Waals surface area contributed by atoms with Gasteiger partial charge in [0.2, 0.25) is 5.91 Å². The molecule has 1 fully saturated rings. The SMILES string of the molecule is COC(=O)Cn1cc(N(CCOCCOCCO)C(=O)[C@H]2CCCN(c3cncc4ccccc34)C2)ccc1=O. The van der Waals surface area contributed by atoms with Crippen LogP contribution in [-0.2, 0) is 30.3 Å². The van der Waals surface area contributed by atoms with Crippen LogP contribution in [0.2, 0.25) is 0 Å². The number of rotatable bonds is 13. The Balaban J connectivity index is 1.54. The summed E-state index contributed by atoms with van der Waals surface area (Å²) in [6, 6.07) is 11.0. The lowest BCUT2D eigenvalue weighted by molar-refractivity contribution is -0.141. The molecular weight excluding hydrogens is 516 g/mol. The molecule has 3 aromatic rings. The predicted octanol–water partition coefficient (Wildman–Crippen LogP) is 1.84. The number of methoxy groups -OCH3 is 1. The topological polar surface area (TPSA) is 123 Å². The maximum atomic E-state index is 14.0. The number of anilines is 2. The number of hydrogen-bond acceptors (Lipinski definition) is 9. The van der Waals surface area contributed by atoms with Gasteiger partial charge in [0.15, 0.2) is 0 Å². The van der Waals surface area contributed by atoms with E-state index in [2.05, 4.69) is 16.0 Å². The third kappa shape index (κ3) is 7.44. The van der Waals surface area contributed by atoms with Gasteiger partial charge in [0.05, 0.1) is 63.6 Å². The highest BCUT2D eigenvalue weighted by molar-refractivity contribution is 5.96. The number of fused-ring (bicyclic) bond motifs is 1. The highest BCUT2D eigenvalue weighted by atomic mass is 16.5. The van der Waals surface area contributed by atoms with E-state index in [1.807, 2.05) is 30.6 Å². The highest BCUT2D eigenvalue weighted by Crippen LogP contribution is 2.30. The lowest BCUT2D eigenvalue weighted by Gasteiger charge is -2.36. The van der Waals surface area contributed by atoms with Gasteiger partial charge in [-0.1, -0.05) is 24.3 Å². The average Bonchev–Trinajstić information content (AvgIpc) is 2.99. The molecule has 1 amide bonds. The first-order valence-electron chi connectivity index (χ1n) is 13.4. The number of hydrogen-bond donors (Lipinski definition) is 1. The molecular formula is C29H36N4O7. The van der Waals surface area contributed by atoms with Crippen LogP contribution in [0.25, 0.3) is 10.8 Å². The Morgan fingerprint density at radius 3 is 2.67 bits per heavy atom. The number of aliphatic hydroxyl groups excluding tert-OH is 1. The number of aromatic nitrogens is 2. The van der Waals surface area contributed by atoms with Crippen molar-refractivity contribution >= 4 is 34.0 Å². The zero-order chi connectivity index (χ0) is 28.3. The van der Waals surface area contributed by atoms with Crippen LogP contribution in [0.15, 0.2) is 59.8 Å². The first-order valence-corrected chi connectivity index (χ1v) is 13.4. The molecule has 1 aromatic carbocycles. The minimum absolute atomic E-state index is 0.0587. The standard InChI is InChI=1S/C29H36N4O7/c1-38-28(36)21-32-20-24(8-9-27(32)35)33(11-13-39-15-16-40-14-12-34)29(37)23-6-4-10-31(19-23)26-18-30-17-22-5-2-3-7-25(22)26/h2-3,5,7-9,17-18,20,23,34H,4,6,10-16,19,21H2,1H3/t23-/m0/s1. The van der Waals surface area contributed by atoms with Gasteiger partial charge in [-0.05, 0) is 18.9 Å². The molecule has 4 rings (SSSR count). The summed E-state index contributed by atoms with van der Waals surface area (Å²) in [5, 5.41) is 11.0. The van der Waals surface area contributed by atoms with E-state index >= 15 is 0 Å². The molecule has 0 unspecified atom stereocenters. The summed E-state index contributed by atoms with van der Waals surface area (Å²) < 4.78 is 16.9. The van der Waals surface area contributed by atoms with Crippen LogP contribution in [0.1, 0.15) is 12.8 Å². The quantitative estimate of drug-likeness (QED) is 0.250. The fourth-order valence-electron chi connectivity index (χ4n) is 4.88. The van der Waals surface area contributed by atoms with Crippen LogP contribution in [0.3, 0.4) is 0 Å². The van der Waals surface area contributed by atoms with Gasteiger partial charge in [0, 0.05) is 48.9 Å². The smallest absolute Gasteiger partial charge is 0.325 e. The van der Waals surface area contributed by atoms with Crippen molar-refractivity contribution in [2.75, 3.05) is 69.6 Å². The molecule has 1 aliphatic heterocycles. The summed E-state index contributed by atoms with van der Waals surface area (Å²) in [6.07, 6.45) is 6.76. The van der Waals surface area contributed by atoms with Gasteiger partial charge in [0.25, 0.3) is 5.56 Å². The van der Waals surface area contributed by atoms with Crippen molar-refractivity contribution in [2.45, 2.75) is 19.4 Å². The van der Waals surface area contributed by atoms with Crippen molar-refractivity contribution in [2.24, 2.45) is 5.92 Å². The van der Waals surface area contributed by atoms with Crippen LogP contribution in [0.4, 0.5) is 11.4 Å². The Bertz CT molecular complexity index is 1340. The number of pyridine rings is 2. The molecule has 2 aromatic heterocycles. The summed E-state index contributed by atoms with van der Waals surface area (Å²) in [7, 11) is 1.26. The number of esters is 1. The van der Waals surface area contributed by atoms with Crippen molar-refractivity contribution in [1.82, 2.24) is 9.55 Å². The second-order valence-corrected chi connectivity index (χ2v) is 9.53. The third-order valence-corrected chi connectivity index (χ3v) is 6.90. The van der Waals surface area contributed by atoms with Gasteiger partial charge in [-0.2, -0.15) is 0 Å². The van der Waals surface area contributed by atoms with E-state index in [9.17, 15) is 14.4 Å². The molecule has 1 aliphatic rings. The van der Waals surface area contributed by atoms with Gasteiger partial charge in [-0.15, -0.1) is 0 Å². The van der Waals surface area contributed by atoms with Gasteiger partial charge in [0.1, 0.15) is 6.54 Å². The average molecular weight is 553 g/mol. The highest BCUT2D eigenvalue weighted by Gasteiger charge is 2.31. The summed E-state index contributed by atoms with van der Waals surface area (Å²) in [6.45, 7) is 2.41. The van der Waals surface area contributed by atoms with Crippen molar-refractivity contribution in [3.63, 3.8) is 0 Å². The molecule has 3 heterocycles. The molecule has 0 bridgehead atoms. The van der Waals surface area contributed by atoms with Crippen LogP contribution in [0.5, 0.6) is 0 Å². The summed E-state index contributed by atoms with van der Waals surface area (Å²) in [5.41, 5.74) is 1.13. The Hall–Kier alpha value is -3.80. The molecule has 0 spiro atoms. The second kappa shape index (κ2) is 14.5. The summed E-state index contributed by atoms with van der Waals surface area (Å²) in [4.78, 5) is 46.5. The van der Waals surface area contributed by atoms with E-state index in [1.54, 1.807) is 11.0 Å². The van der Waals surface area contributed by atoms with Crippen molar-refractivity contribution in [1.29, 1.82) is 0 Å². The molecule has 40 heavy (non-hydrogen) atoms. The number of carbonyl (C=O) groups excluding carboxylic acids is 2. The molecule has 1 saturated heterocycles. The summed E-state index contributed by atoms with van der Waals surface area (Å²) in [5.74, 6) is -0.933. The number of benzene rings is 1. The lowest BCUT2D eigenvalue weighted by Crippen LogP contribution is -2.46. The second-order valence-electron chi connectivity index (χ2n) is 9.53. The molecule has 0 radical (unpaired) electrons. The van der Waals surface area contributed by atoms with Crippen LogP contribution >= 0.6 is 0 Å². The third-order valence-electron chi connectivity index (χ3n) is 6.90. The van der Waals surface area contributed by atoms with E-state index in [-0.39, 0.29) is 50.3 Å². The van der Waals surface area contributed by atoms with Crippen LogP contribution in [0, 0.1) is 5.92 Å². The van der Waals surface area contributed by atoms with Crippen molar-refractivity contribution in [3.8, 4) is 0 Å². The predicted molar refractivity (Wildman–Crippen MR) is 150 cm³/mol. The van der Waals surface area contributed by atoms with E-state index in [0.717, 1.165) is 35.8 Å². The normalized spacial score (nSPS) is 15.2. The van der Waals surface area contributed by atoms with Gasteiger partial charge >= 0.3 is 5.97 Å². The van der Waals surface area contributed by atoms with E-state index in [4.69, 9.17) is 19.3 Å². The number of amides is 1. The Morgan fingerprint density at radius 1 is 1.07 bits per heavy atom. The largest absolute Gasteiger partial charge is 0.468 e. The molecule has 0 saturated carbocycles. The fourth-order valence-corrected chi connectivity index (χ4v) is 4.88. The molecule has 11 heteroatoms. The Morgan fingerprint density at radius 2 is 1.88 bits per heavy atom. The number of carbonyl (C=O) groups is 2. The molecule has 0 aliphatic carbocycles. The monoisotopic (exact) mass is 552 g/mol.